The van der Waals surface area contributed by atoms with E-state index >= 15 is 0 Å². The van der Waals surface area contributed by atoms with E-state index in [9.17, 15) is 0 Å². The minimum atomic E-state index is -2.28. The molecule has 0 aromatic rings. The van der Waals surface area contributed by atoms with Gasteiger partial charge in [-0.25, -0.2) is 0 Å². The Balaban J connectivity index is 0.000000400. The summed E-state index contributed by atoms with van der Waals surface area (Å²) in [7, 11) is 0. The van der Waals surface area contributed by atoms with Crippen LogP contribution in [-0.4, -0.2) is 0 Å². The van der Waals surface area contributed by atoms with Crippen molar-refractivity contribution in [3.63, 3.8) is 0 Å². The Morgan fingerprint density at radius 2 is 0.583 bits per heavy atom. The molecule has 1 spiro atoms. The summed E-state index contributed by atoms with van der Waals surface area (Å²) in [5.41, 5.74) is 0. The molecule has 12 heavy (non-hydrogen) atoms. The first-order valence-electron chi connectivity index (χ1n) is 5.37. The van der Waals surface area contributed by atoms with Crippen LogP contribution in [0.25, 0.3) is 0 Å². The molecule has 10 aliphatic rings. The quantitative estimate of drug-likeness (QED) is 0.600. The van der Waals surface area contributed by atoms with Crippen molar-refractivity contribution in [1.82, 2.24) is 6.15 Å². The normalized spacial score (nSPS) is 157. The van der Waals surface area contributed by atoms with E-state index in [1.807, 2.05) is 0 Å². The molecule has 0 unspecified atom stereocenters. The van der Waals surface area contributed by atoms with Crippen LogP contribution >= 0.6 is 0 Å². The van der Waals surface area contributed by atoms with Crippen LogP contribution in [0.3, 0.4) is 0 Å². The first kappa shape index (κ1) is 3.92. The van der Waals surface area contributed by atoms with E-state index in [-0.39, 0.29) is 6.15 Å². The van der Waals surface area contributed by atoms with E-state index in [4.69, 9.17) is 0 Å². The van der Waals surface area contributed by atoms with Crippen LogP contribution in [0.5, 0.6) is 0 Å². The van der Waals surface area contributed by atoms with E-state index in [0.29, 0.717) is 0 Å². The van der Waals surface area contributed by atoms with E-state index < -0.39 is 6.51 Å². The second-order valence-electron chi connectivity index (χ2n) is 9.58. The van der Waals surface area contributed by atoms with E-state index in [0.717, 1.165) is 0 Å². The third kappa shape index (κ3) is 0.0234. The average molecular weight is 203 g/mol. The molecule has 10 rings (SSSR count). The maximum atomic E-state index is 1.59. The van der Waals surface area contributed by atoms with Gasteiger partial charge < -0.3 is 6.15 Å². The van der Waals surface area contributed by atoms with Gasteiger partial charge in [-0.3, -0.25) is 0 Å². The molecule has 66 valence electrons. The average Bonchev–Trinajstić information content (AvgIpc) is 3.01. The molecule has 0 saturated carbocycles. The molecular weight excluding hydrogens is 190 g/mol. The van der Waals surface area contributed by atoms with Gasteiger partial charge in [-0.05, 0) is 0 Å². The Labute approximate surface area is 61.1 Å². The van der Waals surface area contributed by atoms with E-state index in [2.05, 4.69) is 0 Å². The first-order chi connectivity index (χ1) is 5.16. The van der Waals surface area contributed by atoms with Crippen LogP contribution in [-0.2, 0) is 6.51 Å². The van der Waals surface area contributed by atoms with Crippen molar-refractivity contribution in [2.24, 2.45) is 0 Å². The first-order valence-corrected chi connectivity index (χ1v) is 11.7. The molecule has 0 atom stereocenters. The standard InChI is InChI=1S/2C5H5.Fe.H3N/c2*1-2-4-5-3-1;;/h2*1-5H;;1H3. The predicted molar refractivity (Wildman–Crippen MR) is 42.5 cm³/mol. The molecule has 3 N–H and O–H groups in total. The SMILES string of the molecule is N.[CH]12[CH]3[CH]4[CH]5[CH]1[Fe]23451678[CH]2[CH]1[CH]6[CH]7[CH]28. The fourth-order valence-electron chi connectivity index (χ4n) is 15.8. The molecule has 0 radical (unpaired) electrons. The number of rotatable bonds is 0. The third-order valence-electron chi connectivity index (χ3n) is 14.5. The van der Waals surface area contributed by atoms with Crippen molar-refractivity contribution in [2.45, 2.75) is 48.2 Å². The molecule has 10 fully saturated rings. The predicted octanol–water partition coefficient (Wildman–Crippen LogP) is 3.54. The molecule has 0 aromatic carbocycles. The van der Waals surface area contributed by atoms with Gasteiger partial charge in [0.25, 0.3) is 0 Å². The zero-order valence-electron chi connectivity index (χ0n) is 6.83. The summed E-state index contributed by atoms with van der Waals surface area (Å²) < 4.78 is 0. The molecule has 10 saturated heterocycles. The van der Waals surface area contributed by atoms with Gasteiger partial charge in [0.05, 0.1) is 0 Å². The molecule has 1 nitrogen and oxygen atoms in total. The molecule has 0 aromatic heterocycles. The van der Waals surface area contributed by atoms with Crippen molar-refractivity contribution in [1.29, 1.82) is 0 Å². The van der Waals surface area contributed by atoms with Gasteiger partial charge in [0.15, 0.2) is 0 Å². The fraction of sp³-hybridized carbons (Fsp3) is 1.00. The second-order valence-corrected chi connectivity index (χ2v) is 33.5. The molecule has 0 bridgehead atoms. The van der Waals surface area contributed by atoms with Gasteiger partial charge in [-0.2, -0.15) is 0 Å². The van der Waals surface area contributed by atoms with Crippen molar-refractivity contribution in [3.8, 4) is 0 Å². The van der Waals surface area contributed by atoms with Gasteiger partial charge in [0, 0.05) is 0 Å². The summed E-state index contributed by atoms with van der Waals surface area (Å²) >= 11 is 0. The van der Waals surface area contributed by atoms with Crippen LogP contribution in [0, 0.1) is 0 Å². The van der Waals surface area contributed by atoms with Gasteiger partial charge >= 0.3 is 54.7 Å². The van der Waals surface area contributed by atoms with Crippen molar-refractivity contribution >= 4 is 0 Å². The number of hydrogen-bond acceptors (Lipinski definition) is 1. The van der Waals surface area contributed by atoms with E-state index in [1.54, 1.807) is 48.2 Å². The Kier molecular flexibility index (Phi) is 0.0723. The van der Waals surface area contributed by atoms with Gasteiger partial charge in [0.1, 0.15) is 0 Å². The Morgan fingerprint density at radius 3 is 0.583 bits per heavy atom. The van der Waals surface area contributed by atoms with Gasteiger partial charge in [0.2, 0.25) is 0 Å². The third-order valence-corrected chi connectivity index (χ3v) is 56.5. The molecule has 2 heteroatoms. The summed E-state index contributed by atoms with van der Waals surface area (Å²) in [6.07, 6.45) is 0. The Bertz CT molecular complexity index is 577. The van der Waals surface area contributed by atoms with E-state index in [1.165, 1.54) is 0 Å². The zero-order chi connectivity index (χ0) is 6.09. The summed E-state index contributed by atoms with van der Waals surface area (Å²) in [5, 5.41) is 0. The topological polar surface area (TPSA) is 35.0 Å². The molecule has 10 aliphatic heterocycles. The minimum absolute atomic E-state index is 0. The molecule has 0 amide bonds. The van der Waals surface area contributed by atoms with Crippen molar-refractivity contribution < 1.29 is 6.51 Å². The molecular formula is C10H13FeN. The Morgan fingerprint density at radius 1 is 0.417 bits per heavy atom. The van der Waals surface area contributed by atoms with Crippen LogP contribution < -0.4 is 6.15 Å². The monoisotopic (exact) mass is 203 g/mol. The van der Waals surface area contributed by atoms with Crippen molar-refractivity contribution in [2.75, 3.05) is 0 Å². The summed E-state index contributed by atoms with van der Waals surface area (Å²) in [6.45, 7) is -2.28. The molecule has 10 heterocycles. The zero-order valence-corrected chi connectivity index (χ0v) is 7.94. The van der Waals surface area contributed by atoms with Gasteiger partial charge in [-0.1, -0.05) is 0 Å². The van der Waals surface area contributed by atoms with Crippen LogP contribution in [0.15, 0.2) is 0 Å². The summed E-state index contributed by atoms with van der Waals surface area (Å²) in [5.74, 6) is 0. The molecule has 0 aliphatic carbocycles. The van der Waals surface area contributed by atoms with Crippen LogP contribution in [0.2, 0.25) is 48.2 Å². The fourth-order valence-corrected chi connectivity index (χ4v) is 88.0. The van der Waals surface area contributed by atoms with Crippen LogP contribution in [0.1, 0.15) is 0 Å². The summed E-state index contributed by atoms with van der Waals surface area (Å²) in [6, 6.07) is 0. The number of hydrogen-bond donors (Lipinski definition) is 1. The van der Waals surface area contributed by atoms with Crippen LogP contribution in [0.4, 0.5) is 0 Å². The maximum absolute atomic E-state index is 2.28. The Hall–Kier alpha value is 0.479. The van der Waals surface area contributed by atoms with Gasteiger partial charge in [-0.15, -0.1) is 0 Å². The van der Waals surface area contributed by atoms with Crippen molar-refractivity contribution in [3.05, 3.63) is 0 Å². The summed E-state index contributed by atoms with van der Waals surface area (Å²) in [4.78, 5) is 15.9. The number of fused-ring (bicyclic) bond motifs is 10. The second kappa shape index (κ2) is 0.221.